The van der Waals surface area contributed by atoms with Crippen molar-refractivity contribution in [3.05, 3.63) is 58.9 Å². The van der Waals surface area contributed by atoms with E-state index in [0.29, 0.717) is 0 Å². The fourth-order valence-electron chi connectivity index (χ4n) is 1.68. The lowest BCUT2D eigenvalue weighted by Gasteiger charge is -2.09. The zero-order chi connectivity index (χ0) is 12.1. The van der Waals surface area contributed by atoms with Gasteiger partial charge in [0.2, 0.25) is 0 Å². The number of aryl methyl sites for hydroxylation is 1. The average molecular weight is 247 g/mol. The third-order valence-corrected chi connectivity index (χ3v) is 2.91. The maximum atomic E-state index is 5.96. The molecule has 0 bridgehead atoms. The number of pyridine rings is 1. The third kappa shape index (κ3) is 3.46. The van der Waals surface area contributed by atoms with Crippen LogP contribution in [0.1, 0.15) is 11.1 Å². The number of halogens is 1. The van der Waals surface area contributed by atoms with E-state index in [9.17, 15) is 0 Å². The van der Waals surface area contributed by atoms with Gasteiger partial charge in [-0.15, -0.1) is 0 Å². The van der Waals surface area contributed by atoms with E-state index in [0.717, 1.165) is 23.7 Å². The van der Waals surface area contributed by atoms with Crippen molar-refractivity contribution >= 4 is 17.3 Å². The van der Waals surface area contributed by atoms with Gasteiger partial charge in [-0.3, -0.25) is 4.98 Å². The predicted octanol–water partition coefficient (Wildman–Crippen LogP) is 3.70. The van der Waals surface area contributed by atoms with Crippen molar-refractivity contribution in [1.82, 2.24) is 4.98 Å². The molecule has 1 aromatic carbocycles. The van der Waals surface area contributed by atoms with Crippen LogP contribution < -0.4 is 5.32 Å². The van der Waals surface area contributed by atoms with Crippen molar-refractivity contribution in [3.8, 4) is 0 Å². The summed E-state index contributed by atoms with van der Waals surface area (Å²) in [5.41, 5.74) is 3.60. The van der Waals surface area contributed by atoms with E-state index in [1.807, 2.05) is 42.7 Å². The van der Waals surface area contributed by atoms with Crippen LogP contribution in [0, 0.1) is 6.92 Å². The smallest absolute Gasteiger partial charge is 0.0426 e. The molecule has 0 unspecified atom stereocenters. The minimum absolute atomic E-state index is 0.766. The summed E-state index contributed by atoms with van der Waals surface area (Å²) in [6.07, 6.45) is 4.62. The van der Waals surface area contributed by atoms with E-state index >= 15 is 0 Å². The summed E-state index contributed by atoms with van der Waals surface area (Å²) in [6, 6.07) is 9.96. The number of hydrogen-bond acceptors (Lipinski definition) is 2. The van der Waals surface area contributed by atoms with Crippen LogP contribution >= 0.6 is 11.6 Å². The van der Waals surface area contributed by atoms with E-state index in [1.54, 1.807) is 0 Å². The molecule has 0 spiro atoms. The summed E-state index contributed by atoms with van der Waals surface area (Å²) in [5, 5.41) is 4.16. The largest absolute Gasteiger partial charge is 0.384 e. The van der Waals surface area contributed by atoms with Crippen LogP contribution in [0.2, 0.25) is 5.02 Å². The summed E-state index contributed by atoms with van der Waals surface area (Å²) in [7, 11) is 0. The SMILES string of the molecule is Cc1ccc(Cl)cc1NCCc1ccncc1. The molecule has 0 aliphatic heterocycles. The molecule has 2 nitrogen and oxygen atoms in total. The molecule has 1 heterocycles. The molecule has 0 amide bonds. The Morgan fingerprint density at radius 1 is 1.18 bits per heavy atom. The number of aromatic nitrogens is 1. The van der Waals surface area contributed by atoms with Crippen LogP contribution in [0.4, 0.5) is 5.69 Å². The molecular weight excluding hydrogens is 232 g/mol. The first-order chi connectivity index (χ1) is 8.25. The summed E-state index contributed by atoms with van der Waals surface area (Å²) >= 11 is 5.96. The van der Waals surface area contributed by atoms with Gasteiger partial charge >= 0.3 is 0 Å². The highest BCUT2D eigenvalue weighted by atomic mass is 35.5. The van der Waals surface area contributed by atoms with Gasteiger partial charge in [0.25, 0.3) is 0 Å². The lowest BCUT2D eigenvalue weighted by molar-refractivity contribution is 1.01. The highest BCUT2D eigenvalue weighted by molar-refractivity contribution is 6.30. The van der Waals surface area contributed by atoms with Gasteiger partial charge in [-0.1, -0.05) is 17.7 Å². The minimum Gasteiger partial charge on any atom is -0.384 e. The monoisotopic (exact) mass is 246 g/mol. The van der Waals surface area contributed by atoms with Crippen LogP contribution in [0.25, 0.3) is 0 Å². The lowest BCUT2D eigenvalue weighted by atomic mass is 10.1. The van der Waals surface area contributed by atoms with Crippen molar-refractivity contribution in [2.24, 2.45) is 0 Å². The molecular formula is C14H15ClN2. The van der Waals surface area contributed by atoms with Crippen LogP contribution in [-0.4, -0.2) is 11.5 Å². The van der Waals surface area contributed by atoms with Crippen LogP contribution in [-0.2, 0) is 6.42 Å². The van der Waals surface area contributed by atoms with Gasteiger partial charge in [0, 0.05) is 29.6 Å². The number of anilines is 1. The van der Waals surface area contributed by atoms with Crippen molar-refractivity contribution in [1.29, 1.82) is 0 Å². The van der Waals surface area contributed by atoms with Gasteiger partial charge < -0.3 is 5.32 Å². The van der Waals surface area contributed by atoms with Crippen molar-refractivity contribution in [2.45, 2.75) is 13.3 Å². The van der Waals surface area contributed by atoms with E-state index in [-0.39, 0.29) is 0 Å². The summed E-state index contributed by atoms with van der Waals surface area (Å²) < 4.78 is 0. The second kappa shape index (κ2) is 5.69. The van der Waals surface area contributed by atoms with Gasteiger partial charge in [-0.25, -0.2) is 0 Å². The van der Waals surface area contributed by atoms with Gasteiger partial charge in [0.15, 0.2) is 0 Å². The van der Waals surface area contributed by atoms with E-state index < -0.39 is 0 Å². The van der Waals surface area contributed by atoms with Crippen LogP contribution in [0.5, 0.6) is 0 Å². The molecule has 3 heteroatoms. The molecule has 1 aromatic heterocycles. The van der Waals surface area contributed by atoms with Gasteiger partial charge in [-0.2, -0.15) is 0 Å². The Balaban J connectivity index is 1.92. The molecule has 17 heavy (non-hydrogen) atoms. The summed E-state index contributed by atoms with van der Waals surface area (Å²) in [4.78, 5) is 4.00. The average Bonchev–Trinajstić information content (AvgIpc) is 2.35. The molecule has 0 fully saturated rings. The Morgan fingerprint density at radius 2 is 1.94 bits per heavy atom. The van der Waals surface area contributed by atoms with E-state index in [2.05, 4.69) is 17.2 Å². The summed E-state index contributed by atoms with van der Waals surface area (Å²) in [6.45, 7) is 2.97. The molecule has 1 N–H and O–H groups in total. The van der Waals surface area contributed by atoms with Crippen molar-refractivity contribution in [3.63, 3.8) is 0 Å². The lowest BCUT2D eigenvalue weighted by Crippen LogP contribution is -2.05. The second-order valence-corrected chi connectivity index (χ2v) is 4.43. The summed E-state index contributed by atoms with van der Waals surface area (Å²) in [5.74, 6) is 0. The Labute approximate surface area is 107 Å². The van der Waals surface area contributed by atoms with Crippen molar-refractivity contribution in [2.75, 3.05) is 11.9 Å². The maximum absolute atomic E-state index is 5.96. The zero-order valence-electron chi connectivity index (χ0n) is 9.78. The quantitative estimate of drug-likeness (QED) is 0.890. The fraction of sp³-hybridized carbons (Fsp3) is 0.214. The Bertz CT molecular complexity index is 483. The fourth-order valence-corrected chi connectivity index (χ4v) is 1.85. The van der Waals surface area contributed by atoms with Gasteiger partial charge in [0.1, 0.15) is 0 Å². The molecule has 0 radical (unpaired) electrons. The molecule has 88 valence electrons. The van der Waals surface area contributed by atoms with E-state index in [1.165, 1.54) is 11.1 Å². The number of nitrogens with one attached hydrogen (secondary N) is 1. The Morgan fingerprint density at radius 3 is 2.71 bits per heavy atom. The topological polar surface area (TPSA) is 24.9 Å². The van der Waals surface area contributed by atoms with Crippen LogP contribution in [0.3, 0.4) is 0 Å². The number of rotatable bonds is 4. The minimum atomic E-state index is 0.766. The maximum Gasteiger partial charge on any atom is 0.0426 e. The zero-order valence-corrected chi connectivity index (χ0v) is 10.5. The molecule has 2 aromatic rings. The Kier molecular flexibility index (Phi) is 3.99. The molecule has 0 atom stereocenters. The molecule has 0 saturated heterocycles. The third-order valence-electron chi connectivity index (χ3n) is 2.68. The number of benzene rings is 1. The standard InChI is InChI=1S/C14H15ClN2/c1-11-2-3-13(15)10-14(11)17-9-6-12-4-7-16-8-5-12/h2-5,7-8,10,17H,6,9H2,1H3. The normalized spacial score (nSPS) is 10.2. The molecule has 2 rings (SSSR count). The first-order valence-corrected chi connectivity index (χ1v) is 6.02. The molecule has 0 aliphatic rings. The van der Waals surface area contributed by atoms with Crippen LogP contribution in [0.15, 0.2) is 42.7 Å². The second-order valence-electron chi connectivity index (χ2n) is 3.99. The highest BCUT2D eigenvalue weighted by Gasteiger charge is 1.98. The van der Waals surface area contributed by atoms with Gasteiger partial charge in [0.05, 0.1) is 0 Å². The predicted molar refractivity (Wildman–Crippen MR) is 72.6 cm³/mol. The first-order valence-electron chi connectivity index (χ1n) is 5.64. The highest BCUT2D eigenvalue weighted by Crippen LogP contribution is 2.19. The number of nitrogens with zero attached hydrogens (tertiary/aromatic N) is 1. The number of hydrogen-bond donors (Lipinski definition) is 1. The molecule has 0 aliphatic carbocycles. The first kappa shape index (κ1) is 11.9. The Hall–Kier alpha value is -1.54. The van der Waals surface area contributed by atoms with Gasteiger partial charge in [-0.05, 0) is 48.7 Å². The van der Waals surface area contributed by atoms with E-state index in [4.69, 9.17) is 11.6 Å². The molecule has 0 saturated carbocycles. The van der Waals surface area contributed by atoms with Crippen molar-refractivity contribution < 1.29 is 0 Å².